The molecule has 1 aromatic carbocycles. The number of nitrogens with zero attached hydrogens (tertiary/aromatic N) is 3. The van der Waals surface area contributed by atoms with Gasteiger partial charge in [0.25, 0.3) is 3.79 Å². The molecule has 2 aliphatic heterocycles. The Kier molecular flexibility index (Phi) is 6.55. The zero-order valence-corrected chi connectivity index (χ0v) is 18.7. The van der Waals surface area contributed by atoms with Crippen LogP contribution in [0.2, 0.25) is 10.0 Å². The highest BCUT2D eigenvalue weighted by Crippen LogP contribution is 2.52. The molecule has 0 N–H and O–H groups in total. The van der Waals surface area contributed by atoms with Crippen molar-refractivity contribution < 1.29 is 22.6 Å². The van der Waals surface area contributed by atoms with Crippen molar-refractivity contribution in [3.63, 3.8) is 0 Å². The smallest absolute Gasteiger partial charge is 0.427 e. The van der Waals surface area contributed by atoms with Crippen LogP contribution in [-0.4, -0.2) is 64.2 Å². The Bertz CT molecular complexity index is 777. The van der Waals surface area contributed by atoms with Crippen LogP contribution in [0.3, 0.4) is 0 Å². The number of likely N-dealkylation sites (N-methyl/N-ethyl adjacent to an activating group) is 1. The third-order valence-corrected chi connectivity index (χ3v) is 5.91. The van der Waals surface area contributed by atoms with E-state index < -0.39 is 21.7 Å². The number of rotatable bonds is 2. The van der Waals surface area contributed by atoms with Crippen LogP contribution in [0.15, 0.2) is 17.1 Å². The van der Waals surface area contributed by atoms with Crippen LogP contribution in [0.1, 0.15) is 6.92 Å². The van der Waals surface area contributed by atoms with Crippen molar-refractivity contribution in [3.05, 3.63) is 22.2 Å². The van der Waals surface area contributed by atoms with E-state index in [1.165, 1.54) is 12.1 Å². The van der Waals surface area contributed by atoms with Gasteiger partial charge in [0, 0.05) is 38.3 Å². The maximum absolute atomic E-state index is 13.9. The van der Waals surface area contributed by atoms with Gasteiger partial charge in [-0.15, -0.1) is 0 Å². The Morgan fingerprint density at radius 2 is 1.52 bits per heavy atom. The number of hydrogen-bond donors (Lipinski definition) is 0. The van der Waals surface area contributed by atoms with Crippen LogP contribution in [0.25, 0.3) is 0 Å². The molecule has 2 aliphatic rings. The van der Waals surface area contributed by atoms with E-state index in [1.54, 1.807) is 0 Å². The molecule has 0 radical (unpaired) electrons. The van der Waals surface area contributed by atoms with E-state index in [0.29, 0.717) is 13.1 Å². The van der Waals surface area contributed by atoms with E-state index in [4.69, 9.17) is 67.5 Å². The summed E-state index contributed by atoms with van der Waals surface area (Å²) in [4.78, 5) is 6.75. The van der Waals surface area contributed by atoms with Crippen molar-refractivity contribution in [1.29, 1.82) is 0 Å². The normalized spacial score (nSPS) is 20.3. The van der Waals surface area contributed by atoms with E-state index in [1.807, 2.05) is 11.8 Å². The summed E-state index contributed by atoms with van der Waals surface area (Å²) in [6, 6.07) is 2.50. The van der Waals surface area contributed by atoms with Gasteiger partial charge in [-0.25, -0.2) is 0 Å². The SMILES string of the molecule is CCN1CCN(/C(=N/C2(C(Cl)(Cl)Cl)Oc3cc(Cl)c(Cl)cc3O2)C(F)(F)F)CC1. The Hall–Kier alpha value is -0.510. The second kappa shape index (κ2) is 8.20. The molecule has 0 atom stereocenters. The molecule has 0 bridgehead atoms. The molecule has 0 unspecified atom stereocenters. The first-order chi connectivity index (χ1) is 13.4. The molecule has 0 aromatic heterocycles. The molecule has 1 saturated heterocycles. The number of alkyl halides is 6. The van der Waals surface area contributed by atoms with Crippen LogP contribution < -0.4 is 9.47 Å². The summed E-state index contributed by atoms with van der Waals surface area (Å²) >= 11 is 29.7. The molecule has 5 nitrogen and oxygen atoms in total. The summed E-state index contributed by atoms with van der Waals surface area (Å²) in [6.07, 6.45) is -4.84. The molecule has 29 heavy (non-hydrogen) atoms. The van der Waals surface area contributed by atoms with Gasteiger partial charge in [-0.05, 0) is 6.54 Å². The first-order valence-corrected chi connectivity index (χ1v) is 10.3. The van der Waals surface area contributed by atoms with Crippen molar-refractivity contribution in [2.45, 2.75) is 22.8 Å². The van der Waals surface area contributed by atoms with Crippen LogP contribution in [0, 0.1) is 0 Å². The molecule has 0 aliphatic carbocycles. The van der Waals surface area contributed by atoms with E-state index in [-0.39, 0.29) is 34.6 Å². The summed E-state index contributed by atoms with van der Waals surface area (Å²) in [7, 11) is 0. The average molecular weight is 516 g/mol. The highest BCUT2D eigenvalue weighted by molar-refractivity contribution is 6.68. The predicted octanol–water partition coefficient (Wildman–Crippen LogP) is 5.39. The summed E-state index contributed by atoms with van der Waals surface area (Å²) in [6.45, 7) is 3.70. The number of hydrogen-bond acceptors (Lipinski definition) is 4. The fourth-order valence-electron chi connectivity index (χ4n) is 2.94. The summed E-state index contributed by atoms with van der Waals surface area (Å²) in [5.41, 5.74) is 0. The van der Waals surface area contributed by atoms with E-state index in [2.05, 4.69) is 4.99 Å². The Morgan fingerprint density at radius 3 is 1.90 bits per heavy atom. The molecular formula is C16H15Cl5F3N3O2. The lowest BCUT2D eigenvalue weighted by Crippen LogP contribution is -2.56. The molecule has 1 fully saturated rings. The molecule has 3 rings (SSSR count). The molecule has 0 spiro atoms. The number of fused-ring (bicyclic) bond motifs is 1. The summed E-state index contributed by atoms with van der Waals surface area (Å²) in [5, 5.41) is 0.176. The van der Waals surface area contributed by atoms with Gasteiger partial charge >= 0.3 is 12.1 Å². The van der Waals surface area contributed by atoms with Crippen LogP contribution in [0.4, 0.5) is 13.2 Å². The number of aliphatic imine (C=N–C) groups is 1. The lowest BCUT2D eigenvalue weighted by molar-refractivity contribution is -0.0906. The van der Waals surface area contributed by atoms with Crippen molar-refractivity contribution in [2.75, 3.05) is 32.7 Å². The quantitative estimate of drug-likeness (QED) is 0.301. The monoisotopic (exact) mass is 513 g/mol. The minimum Gasteiger partial charge on any atom is -0.427 e. The maximum Gasteiger partial charge on any atom is 0.449 e. The van der Waals surface area contributed by atoms with Crippen molar-refractivity contribution >= 4 is 63.8 Å². The number of amidine groups is 1. The van der Waals surface area contributed by atoms with Crippen molar-refractivity contribution in [3.8, 4) is 11.5 Å². The molecule has 0 saturated carbocycles. The highest BCUT2D eigenvalue weighted by Gasteiger charge is 2.61. The van der Waals surface area contributed by atoms with Gasteiger partial charge in [0.2, 0.25) is 5.84 Å². The Balaban J connectivity index is 2.03. The van der Waals surface area contributed by atoms with E-state index in [9.17, 15) is 13.2 Å². The molecule has 13 heteroatoms. The average Bonchev–Trinajstić information content (AvgIpc) is 2.98. The van der Waals surface area contributed by atoms with Gasteiger partial charge in [-0.2, -0.15) is 18.2 Å². The summed E-state index contributed by atoms with van der Waals surface area (Å²) < 4.78 is 50.1. The molecular weight excluding hydrogens is 500 g/mol. The summed E-state index contributed by atoms with van der Waals surface area (Å²) in [5.74, 6) is -3.97. The molecule has 162 valence electrons. The van der Waals surface area contributed by atoms with Crippen LogP contribution in [0.5, 0.6) is 11.5 Å². The number of ether oxygens (including phenoxy) is 2. The lowest BCUT2D eigenvalue weighted by Gasteiger charge is -2.38. The Labute approximate surface area is 190 Å². The van der Waals surface area contributed by atoms with Gasteiger partial charge in [0.05, 0.1) is 10.0 Å². The van der Waals surface area contributed by atoms with Crippen molar-refractivity contribution in [1.82, 2.24) is 9.80 Å². The minimum atomic E-state index is -4.84. The minimum absolute atomic E-state index is 0.0493. The van der Waals surface area contributed by atoms with Gasteiger partial charge in [0.15, 0.2) is 11.5 Å². The third-order valence-electron chi connectivity index (χ3n) is 4.47. The van der Waals surface area contributed by atoms with Gasteiger partial charge in [-0.3, -0.25) is 0 Å². The second-order valence-corrected chi connectivity index (χ2v) is 9.45. The standard InChI is InChI=1S/C16H15Cl5F3N3O2/c1-2-26-3-5-27(6-4-26)13(14(22,23)24)25-16(15(19,20)21)28-11-7-9(17)10(18)8-12(11)29-16/h7-8H,2-6H2,1H3/b25-13+. The van der Waals surface area contributed by atoms with Crippen molar-refractivity contribution in [2.24, 2.45) is 4.99 Å². The Morgan fingerprint density at radius 1 is 1.03 bits per heavy atom. The van der Waals surface area contributed by atoms with Crippen LogP contribution in [-0.2, 0) is 0 Å². The lowest BCUT2D eigenvalue weighted by atomic mass is 10.3. The first kappa shape index (κ1) is 23.2. The fourth-order valence-corrected chi connectivity index (χ4v) is 3.61. The van der Waals surface area contributed by atoms with Gasteiger partial charge in [0.1, 0.15) is 0 Å². The maximum atomic E-state index is 13.9. The zero-order valence-electron chi connectivity index (χ0n) is 14.9. The highest BCUT2D eigenvalue weighted by atomic mass is 35.6. The van der Waals surface area contributed by atoms with E-state index in [0.717, 1.165) is 11.4 Å². The molecule has 2 heterocycles. The van der Waals surface area contributed by atoms with E-state index >= 15 is 0 Å². The third kappa shape index (κ3) is 4.72. The van der Waals surface area contributed by atoms with Gasteiger partial charge < -0.3 is 19.3 Å². The number of piperazine rings is 1. The number of benzene rings is 1. The topological polar surface area (TPSA) is 37.3 Å². The largest absolute Gasteiger partial charge is 0.449 e. The van der Waals surface area contributed by atoms with Crippen LogP contribution >= 0.6 is 58.0 Å². The zero-order chi connectivity index (χ0) is 21.6. The fraction of sp³-hybridized carbons (Fsp3) is 0.562. The first-order valence-electron chi connectivity index (χ1n) is 8.44. The second-order valence-electron chi connectivity index (χ2n) is 6.35. The predicted molar refractivity (Wildman–Crippen MR) is 108 cm³/mol. The molecule has 1 aromatic rings. The number of halogens is 8. The molecule has 0 amide bonds. The van der Waals surface area contributed by atoms with Gasteiger partial charge in [-0.1, -0.05) is 64.9 Å².